The molecule has 0 saturated heterocycles. The third-order valence-corrected chi connectivity index (χ3v) is 5.52. The summed E-state index contributed by atoms with van der Waals surface area (Å²) < 4.78 is 71.5. The molecule has 4 aromatic rings. The summed E-state index contributed by atoms with van der Waals surface area (Å²) in [6.07, 6.45) is -6.91. The topological polar surface area (TPSA) is 100.0 Å². The second-order valence-corrected chi connectivity index (χ2v) is 8.57. The first-order valence-corrected chi connectivity index (χ1v) is 11.5. The zero-order valence-corrected chi connectivity index (χ0v) is 20.4. The average molecular weight is 559 g/mol. The van der Waals surface area contributed by atoms with Crippen molar-refractivity contribution in [2.45, 2.75) is 45.3 Å². The summed E-state index contributed by atoms with van der Waals surface area (Å²) in [7, 11) is 0. The van der Waals surface area contributed by atoms with Crippen LogP contribution >= 0.6 is 11.6 Å². The van der Waals surface area contributed by atoms with E-state index in [2.05, 4.69) is 19.9 Å². The molecule has 2 heterocycles. The molecule has 0 radical (unpaired) electrons. The summed E-state index contributed by atoms with van der Waals surface area (Å²) in [5, 5.41) is 19.1. The Labute approximate surface area is 216 Å². The standard InChI is InChI=1S/C23H20ClF5N6O3/c1-13(36)19-30-18(31-35(19)16-3-2-4-17(11-16)38-21(25)26)12-34-22(37)33(10-9-23(27,28)29)20(32-34)14-5-7-15(24)8-6-14/h2-8,11,13,21,36H,9-10,12H2,1H3. The van der Waals surface area contributed by atoms with Crippen LogP contribution in [0.5, 0.6) is 5.75 Å². The van der Waals surface area contributed by atoms with Gasteiger partial charge in [-0.2, -0.15) is 22.0 Å². The molecule has 15 heteroatoms. The molecule has 1 atom stereocenters. The van der Waals surface area contributed by atoms with Gasteiger partial charge in [-0.15, -0.1) is 10.2 Å². The van der Waals surface area contributed by atoms with Crippen molar-refractivity contribution in [1.29, 1.82) is 0 Å². The highest BCUT2D eigenvalue weighted by molar-refractivity contribution is 6.30. The van der Waals surface area contributed by atoms with Gasteiger partial charge in [-0.05, 0) is 43.3 Å². The molecule has 9 nitrogen and oxygen atoms in total. The second-order valence-electron chi connectivity index (χ2n) is 8.14. The number of aliphatic hydroxyl groups is 1. The van der Waals surface area contributed by atoms with Crippen molar-refractivity contribution in [3.05, 3.63) is 75.7 Å². The maximum atomic E-state index is 13.1. The van der Waals surface area contributed by atoms with Gasteiger partial charge >= 0.3 is 18.5 Å². The van der Waals surface area contributed by atoms with Crippen LogP contribution in [0.1, 0.15) is 31.1 Å². The van der Waals surface area contributed by atoms with Crippen molar-refractivity contribution in [3.8, 4) is 22.8 Å². The maximum absolute atomic E-state index is 13.1. The predicted molar refractivity (Wildman–Crippen MR) is 125 cm³/mol. The van der Waals surface area contributed by atoms with E-state index in [0.29, 0.717) is 10.6 Å². The molecule has 0 fully saturated rings. The van der Waals surface area contributed by atoms with E-state index < -0.39 is 37.5 Å². The van der Waals surface area contributed by atoms with Gasteiger partial charge in [-0.25, -0.2) is 19.1 Å². The van der Waals surface area contributed by atoms with E-state index in [1.165, 1.54) is 60.1 Å². The van der Waals surface area contributed by atoms with Crippen LogP contribution < -0.4 is 10.4 Å². The third-order valence-electron chi connectivity index (χ3n) is 5.27. The molecule has 4 rings (SSSR count). The summed E-state index contributed by atoms with van der Waals surface area (Å²) in [6.45, 7) is -2.67. The van der Waals surface area contributed by atoms with E-state index in [1.807, 2.05) is 0 Å². The summed E-state index contributed by atoms with van der Waals surface area (Å²) in [6, 6.07) is 11.6. The van der Waals surface area contributed by atoms with Crippen LogP contribution in [0.25, 0.3) is 17.1 Å². The lowest BCUT2D eigenvalue weighted by atomic mass is 10.2. The van der Waals surface area contributed by atoms with Crippen LogP contribution in [0, 0.1) is 0 Å². The quantitative estimate of drug-likeness (QED) is 0.301. The molecule has 2 aromatic carbocycles. The molecule has 1 unspecified atom stereocenters. The lowest BCUT2D eigenvalue weighted by Gasteiger charge is -2.09. The van der Waals surface area contributed by atoms with Gasteiger partial charge < -0.3 is 9.84 Å². The number of halogens is 6. The summed E-state index contributed by atoms with van der Waals surface area (Å²) in [5.41, 5.74) is -0.226. The fourth-order valence-electron chi connectivity index (χ4n) is 3.62. The zero-order valence-electron chi connectivity index (χ0n) is 19.6. The van der Waals surface area contributed by atoms with Crippen LogP contribution in [0.3, 0.4) is 0 Å². The van der Waals surface area contributed by atoms with Crippen molar-refractivity contribution in [2.75, 3.05) is 0 Å². The minimum Gasteiger partial charge on any atom is -0.435 e. The normalized spacial score (nSPS) is 12.8. The second kappa shape index (κ2) is 10.9. The fourth-order valence-corrected chi connectivity index (χ4v) is 3.74. The highest BCUT2D eigenvalue weighted by atomic mass is 35.5. The average Bonchev–Trinajstić information content (AvgIpc) is 3.39. The largest absolute Gasteiger partial charge is 0.435 e. The minimum absolute atomic E-state index is 0.00805. The molecular weight excluding hydrogens is 539 g/mol. The van der Waals surface area contributed by atoms with Gasteiger partial charge in [-0.1, -0.05) is 17.7 Å². The van der Waals surface area contributed by atoms with E-state index >= 15 is 0 Å². The number of benzene rings is 2. The smallest absolute Gasteiger partial charge is 0.390 e. The Kier molecular flexibility index (Phi) is 7.83. The molecule has 38 heavy (non-hydrogen) atoms. The van der Waals surface area contributed by atoms with E-state index in [-0.39, 0.29) is 35.5 Å². The predicted octanol–water partition coefficient (Wildman–Crippen LogP) is 4.60. The maximum Gasteiger partial charge on any atom is 0.390 e. The van der Waals surface area contributed by atoms with Crippen molar-refractivity contribution < 1.29 is 31.8 Å². The van der Waals surface area contributed by atoms with Crippen LogP contribution in [-0.4, -0.2) is 47.0 Å². The molecule has 0 aliphatic carbocycles. The first kappa shape index (κ1) is 27.3. The summed E-state index contributed by atoms with van der Waals surface area (Å²) in [4.78, 5) is 17.3. The Morgan fingerprint density at radius 1 is 1.11 bits per heavy atom. The molecule has 2 aromatic heterocycles. The van der Waals surface area contributed by atoms with Gasteiger partial charge in [0.15, 0.2) is 17.5 Å². The van der Waals surface area contributed by atoms with Gasteiger partial charge in [0.25, 0.3) is 0 Å². The van der Waals surface area contributed by atoms with Crippen LogP contribution in [-0.2, 0) is 13.1 Å². The number of rotatable bonds is 9. The number of ether oxygens (including phenoxy) is 1. The molecule has 0 bridgehead atoms. The molecule has 0 aliphatic rings. The number of hydrogen-bond acceptors (Lipinski definition) is 6. The first-order chi connectivity index (χ1) is 17.9. The molecule has 0 aliphatic heterocycles. The van der Waals surface area contributed by atoms with E-state index in [9.17, 15) is 31.9 Å². The SMILES string of the molecule is CC(O)c1nc(Cn2nc(-c3ccc(Cl)cc3)n(CCC(F)(F)F)c2=O)nn1-c1cccc(OC(F)F)c1. The van der Waals surface area contributed by atoms with Gasteiger partial charge in [0.2, 0.25) is 0 Å². The van der Waals surface area contributed by atoms with E-state index in [1.54, 1.807) is 0 Å². The number of nitrogens with zero attached hydrogens (tertiary/aromatic N) is 6. The van der Waals surface area contributed by atoms with Gasteiger partial charge in [0.05, 0.1) is 12.1 Å². The molecule has 1 N–H and O–H groups in total. The van der Waals surface area contributed by atoms with Crippen molar-refractivity contribution in [1.82, 2.24) is 29.1 Å². The summed E-state index contributed by atoms with van der Waals surface area (Å²) in [5.74, 6) is -0.149. The van der Waals surface area contributed by atoms with E-state index in [0.717, 1.165) is 9.25 Å². The Morgan fingerprint density at radius 2 is 1.82 bits per heavy atom. The summed E-state index contributed by atoms with van der Waals surface area (Å²) >= 11 is 5.90. The first-order valence-electron chi connectivity index (χ1n) is 11.1. The van der Waals surface area contributed by atoms with Crippen LogP contribution in [0.2, 0.25) is 5.02 Å². The van der Waals surface area contributed by atoms with Gasteiger partial charge in [0, 0.05) is 23.2 Å². The fraction of sp³-hybridized carbons (Fsp3) is 0.304. The Morgan fingerprint density at radius 3 is 2.45 bits per heavy atom. The highest BCUT2D eigenvalue weighted by Gasteiger charge is 2.29. The van der Waals surface area contributed by atoms with E-state index in [4.69, 9.17) is 11.6 Å². The van der Waals surface area contributed by atoms with Crippen LogP contribution in [0.15, 0.2) is 53.3 Å². The lowest BCUT2D eigenvalue weighted by molar-refractivity contribution is -0.136. The zero-order chi connectivity index (χ0) is 27.6. The van der Waals surface area contributed by atoms with Crippen molar-refractivity contribution >= 4 is 11.6 Å². The third kappa shape index (κ3) is 6.37. The Balaban J connectivity index is 1.72. The number of aromatic nitrogens is 6. The lowest BCUT2D eigenvalue weighted by Crippen LogP contribution is -2.27. The monoisotopic (exact) mass is 558 g/mol. The number of aliphatic hydroxyl groups excluding tert-OH is 1. The Bertz CT molecular complexity index is 1460. The van der Waals surface area contributed by atoms with Crippen molar-refractivity contribution in [3.63, 3.8) is 0 Å². The Hall–Kier alpha value is -3.78. The molecule has 0 spiro atoms. The highest BCUT2D eigenvalue weighted by Crippen LogP contribution is 2.24. The minimum atomic E-state index is -4.51. The molecular formula is C23H20ClF5N6O3. The molecule has 0 saturated carbocycles. The number of hydrogen-bond donors (Lipinski definition) is 1. The molecule has 0 amide bonds. The van der Waals surface area contributed by atoms with Gasteiger partial charge in [-0.3, -0.25) is 4.57 Å². The van der Waals surface area contributed by atoms with Gasteiger partial charge in [0.1, 0.15) is 18.4 Å². The van der Waals surface area contributed by atoms with Crippen LogP contribution in [0.4, 0.5) is 22.0 Å². The number of alkyl halides is 5. The molecule has 202 valence electrons. The van der Waals surface area contributed by atoms with Crippen molar-refractivity contribution in [2.24, 2.45) is 0 Å².